The molecule has 0 radical (unpaired) electrons. The van der Waals surface area contributed by atoms with E-state index in [1.807, 2.05) is 24.3 Å². The number of nitrogens with zero attached hydrogens (tertiary/aromatic N) is 1. The van der Waals surface area contributed by atoms with Gasteiger partial charge < -0.3 is 9.47 Å². The minimum atomic E-state index is 0. The van der Waals surface area contributed by atoms with Crippen LogP contribution in [-0.2, 0) is 0 Å². The van der Waals surface area contributed by atoms with Crippen LogP contribution in [-0.4, -0.2) is 18.7 Å². The van der Waals surface area contributed by atoms with Crippen molar-refractivity contribution in [1.82, 2.24) is 4.98 Å². The molecule has 0 atom stereocenters. The number of fused-ring (bicyclic) bond motifs is 1. The van der Waals surface area contributed by atoms with E-state index >= 15 is 0 Å². The Morgan fingerprint density at radius 2 is 2.15 bits per heavy atom. The summed E-state index contributed by atoms with van der Waals surface area (Å²) in [6.07, 6.45) is 7.63. The Morgan fingerprint density at radius 3 is 2.90 bits per heavy atom. The monoisotopic (exact) mass is 291 g/mol. The van der Waals surface area contributed by atoms with Gasteiger partial charge in [0.15, 0.2) is 11.5 Å². The number of pyridine rings is 1. The third kappa shape index (κ3) is 3.05. The second-order valence-corrected chi connectivity index (χ2v) is 4.74. The van der Waals surface area contributed by atoms with E-state index in [4.69, 9.17) is 9.47 Å². The fraction of sp³-hybridized carbons (Fsp3) is 0.312. The van der Waals surface area contributed by atoms with Crippen LogP contribution in [0.1, 0.15) is 19.3 Å². The van der Waals surface area contributed by atoms with Gasteiger partial charge in [-0.2, -0.15) is 0 Å². The van der Waals surface area contributed by atoms with Crippen molar-refractivity contribution in [2.45, 2.75) is 19.3 Å². The summed E-state index contributed by atoms with van der Waals surface area (Å²) < 4.78 is 11.3. The van der Waals surface area contributed by atoms with Crippen LogP contribution in [0.15, 0.2) is 42.1 Å². The highest BCUT2D eigenvalue weighted by molar-refractivity contribution is 5.85. The van der Waals surface area contributed by atoms with E-state index in [1.54, 1.807) is 13.3 Å². The molecule has 0 spiro atoms. The zero-order valence-corrected chi connectivity index (χ0v) is 12.3. The Labute approximate surface area is 125 Å². The lowest BCUT2D eigenvalue weighted by Gasteiger charge is -2.12. The first-order chi connectivity index (χ1) is 9.36. The third-order valence-corrected chi connectivity index (χ3v) is 3.44. The molecule has 3 nitrogen and oxygen atoms in total. The molecule has 0 bridgehead atoms. The predicted molar refractivity (Wildman–Crippen MR) is 83.0 cm³/mol. The van der Waals surface area contributed by atoms with Crippen molar-refractivity contribution >= 4 is 23.3 Å². The van der Waals surface area contributed by atoms with Crippen molar-refractivity contribution < 1.29 is 9.47 Å². The maximum Gasteiger partial charge on any atom is 0.162 e. The largest absolute Gasteiger partial charge is 0.493 e. The first-order valence-electron chi connectivity index (χ1n) is 6.60. The number of allylic oxidation sites excluding steroid dienone is 1. The number of hydrogen-bond acceptors (Lipinski definition) is 3. The van der Waals surface area contributed by atoms with Crippen molar-refractivity contribution in [3.8, 4) is 11.5 Å². The van der Waals surface area contributed by atoms with Gasteiger partial charge in [-0.25, -0.2) is 0 Å². The molecule has 20 heavy (non-hydrogen) atoms. The molecule has 1 aliphatic rings. The lowest BCUT2D eigenvalue weighted by molar-refractivity contribution is 0.318. The molecule has 0 aliphatic heterocycles. The van der Waals surface area contributed by atoms with Gasteiger partial charge in [0.2, 0.25) is 0 Å². The average molecular weight is 292 g/mol. The van der Waals surface area contributed by atoms with Crippen LogP contribution in [0, 0.1) is 0 Å². The molecular weight excluding hydrogens is 274 g/mol. The normalized spacial score (nSPS) is 13.8. The van der Waals surface area contributed by atoms with Crippen LogP contribution in [0.2, 0.25) is 0 Å². The van der Waals surface area contributed by atoms with Crippen LogP contribution in [0.4, 0.5) is 0 Å². The molecule has 3 rings (SSSR count). The number of ether oxygens (including phenoxy) is 2. The van der Waals surface area contributed by atoms with Gasteiger partial charge >= 0.3 is 0 Å². The summed E-state index contributed by atoms with van der Waals surface area (Å²) in [6, 6.07) is 7.88. The smallest absolute Gasteiger partial charge is 0.162 e. The number of hydrogen-bond donors (Lipinski definition) is 0. The summed E-state index contributed by atoms with van der Waals surface area (Å²) >= 11 is 0. The van der Waals surface area contributed by atoms with E-state index in [1.165, 1.54) is 18.4 Å². The standard InChI is InChI=1S/C16H17NO2.ClH/c1-18-15-10-14-13(7-4-8-17-14)9-16(15)19-11-12-5-2-3-6-12;/h4-5,7-10H,2-3,6,11H2,1H3;1H. The van der Waals surface area contributed by atoms with Crippen molar-refractivity contribution in [3.63, 3.8) is 0 Å². The average Bonchev–Trinajstić information content (AvgIpc) is 2.97. The summed E-state index contributed by atoms with van der Waals surface area (Å²) in [6.45, 7) is 0.655. The molecule has 106 valence electrons. The number of halogens is 1. The van der Waals surface area contributed by atoms with Gasteiger partial charge in [0.05, 0.1) is 12.6 Å². The Hall–Kier alpha value is -1.74. The molecule has 1 aromatic carbocycles. The topological polar surface area (TPSA) is 31.4 Å². The number of aromatic nitrogens is 1. The van der Waals surface area contributed by atoms with Gasteiger partial charge in [0.25, 0.3) is 0 Å². The molecule has 4 heteroatoms. The predicted octanol–water partition coefficient (Wildman–Crippen LogP) is 4.15. The SMILES string of the molecule is COc1cc2ncccc2cc1OCC1=CCCC1.Cl. The van der Waals surface area contributed by atoms with E-state index in [0.717, 1.165) is 28.8 Å². The maximum absolute atomic E-state index is 5.90. The van der Waals surface area contributed by atoms with E-state index in [0.29, 0.717) is 6.61 Å². The van der Waals surface area contributed by atoms with E-state index < -0.39 is 0 Å². The Kier molecular flexibility index (Phi) is 4.85. The number of benzene rings is 1. The van der Waals surface area contributed by atoms with Gasteiger partial charge in [0, 0.05) is 17.6 Å². The van der Waals surface area contributed by atoms with Gasteiger partial charge in [0.1, 0.15) is 6.61 Å². The van der Waals surface area contributed by atoms with Crippen molar-refractivity contribution in [3.05, 3.63) is 42.1 Å². The van der Waals surface area contributed by atoms with Crippen LogP contribution < -0.4 is 9.47 Å². The Morgan fingerprint density at radius 1 is 1.25 bits per heavy atom. The second-order valence-electron chi connectivity index (χ2n) is 4.74. The molecule has 0 N–H and O–H groups in total. The molecule has 0 amide bonds. The fourth-order valence-corrected chi connectivity index (χ4v) is 2.39. The summed E-state index contributed by atoms with van der Waals surface area (Å²) in [5, 5.41) is 1.07. The molecule has 0 fully saturated rings. The Bertz CT molecular complexity index is 625. The molecule has 0 saturated carbocycles. The van der Waals surface area contributed by atoms with Crippen LogP contribution in [0.25, 0.3) is 10.9 Å². The van der Waals surface area contributed by atoms with Crippen LogP contribution >= 0.6 is 12.4 Å². The zero-order chi connectivity index (χ0) is 13.1. The summed E-state index contributed by atoms with van der Waals surface area (Å²) in [5.41, 5.74) is 2.31. The lowest BCUT2D eigenvalue weighted by atomic mass is 10.2. The quantitative estimate of drug-likeness (QED) is 0.793. The molecule has 0 saturated heterocycles. The van der Waals surface area contributed by atoms with E-state index in [9.17, 15) is 0 Å². The number of rotatable bonds is 4. The Balaban J connectivity index is 0.00000147. The summed E-state index contributed by atoms with van der Waals surface area (Å²) in [4.78, 5) is 4.32. The summed E-state index contributed by atoms with van der Waals surface area (Å²) in [5.74, 6) is 1.53. The molecule has 1 aliphatic carbocycles. The van der Waals surface area contributed by atoms with Gasteiger partial charge in [-0.3, -0.25) is 4.98 Å². The van der Waals surface area contributed by atoms with Gasteiger partial charge in [-0.05, 0) is 37.0 Å². The highest BCUT2D eigenvalue weighted by Crippen LogP contribution is 2.32. The first-order valence-corrected chi connectivity index (χ1v) is 6.60. The van der Waals surface area contributed by atoms with Crippen molar-refractivity contribution in [1.29, 1.82) is 0 Å². The van der Waals surface area contributed by atoms with Gasteiger partial charge in [-0.1, -0.05) is 12.1 Å². The fourth-order valence-electron chi connectivity index (χ4n) is 2.39. The van der Waals surface area contributed by atoms with Crippen LogP contribution in [0.3, 0.4) is 0 Å². The lowest BCUT2D eigenvalue weighted by Crippen LogP contribution is -2.01. The zero-order valence-electron chi connectivity index (χ0n) is 11.5. The second kappa shape index (κ2) is 6.62. The molecule has 0 unspecified atom stereocenters. The molecule has 2 aromatic rings. The number of methoxy groups -OCH3 is 1. The van der Waals surface area contributed by atoms with E-state index in [2.05, 4.69) is 11.1 Å². The minimum absolute atomic E-state index is 0. The third-order valence-electron chi connectivity index (χ3n) is 3.44. The maximum atomic E-state index is 5.90. The molecular formula is C16H18ClNO2. The van der Waals surface area contributed by atoms with Gasteiger partial charge in [-0.15, -0.1) is 12.4 Å². The molecule has 1 heterocycles. The van der Waals surface area contributed by atoms with Crippen molar-refractivity contribution in [2.75, 3.05) is 13.7 Å². The highest BCUT2D eigenvalue weighted by Gasteiger charge is 2.10. The minimum Gasteiger partial charge on any atom is -0.493 e. The highest BCUT2D eigenvalue weighted by atomic mass is 35.5. The van der Waals surface area contributed by atoms with Crippen molar-refractivity contribution in [2.24, 2.45) is 0 Å². The van der Waals surface area contributed by atoms with Crippen LogP contribution in [0.5, 0.6) is 11.5 Å². The first kappa shape index (κ1) is 14.7. The summed E-state index contributed by atoms with van der Waals surface area (Å²) in [7, 11) is 1.66. The molecule has 1 aromatic heterocycles. The van der Waals surface area contributed by atoms with E-state index in [-0.39, 0.29) is 12.4 Å².